The lowest BCUT2D eigenvalue weighted by atomic mass is 9.81. The van der Waals surface area contributed by atoms with Crippen LogP contribution in [0, 0.1) is 0 Å². The van der Waals surface area contributed by atoms with Crippen LogP contribution in [0.1, 0.15) is 99.9 Å². The maximum absolute atomic E-state index is 6.31. The number of rotatable bonds is 9. The van der Waals surface area contributed by atoms with Crippen LogP contribution in [0.3, 0.4) is 0 Å². The molecular formula is C132H93N9OS. The monoisotopic (exact) mass is 1850 g/mol. The summed E-state index contributed by atoms with van der Waals surface area (Å²) in [5, 5.41) is 12.6. The van der Waals surface area contributed by atoms with E-state index in [1.54, 1.807) is 0 Å². The molecule has 30 rings (SSSR count). The standard InChI is InChI=1S/C46H35N3.C43H29N3O.C43H29N3S/c1-45(2)34-19-11-8-16-31(34)39-36(45)26-27-38-40(39)33-18-10-13-21-37(33)49(38)30-24-22-28(23-25-30)42-41-43(32-17-9-12-20-35(32)46(41,3)4)48-44(47-42)29-14-6-5-7-15-29;2*1-43(2)32-20-9-6-17-29(32)41-39(43)40(44-42(45-41)26-13-4-3-5-14-26)27-15-12-16-28(25-27)46-33-21-10-7-18-30(33)37-34(46)23-24-36-38(37)31-19-8-11-22-35(31)47-36/h5-27H,1-4H3;2*3-25H,1-2H3. The Morgan fingerprint density at radius 1 is 0.210 bits per heavy atom. The van der Waals surface area contributed by atoms with Gasteiger partial charge in [-0.3, -0.25) is 0 Å². The minimum absolute atomic E-state index is 0.0468. The zero-order valence-electron chi connectivity index (χ0n) is 80.2. The van der Waals surface area contributed by atoms with E-state index < -0.39 is 0 Å². The summed E-state index contributed by atoms with van der Waals surface area (Å²) < 4.78 is 16.2. The number of para-hydroxylation sites is 4. The topological polar surface area (TPSA) is 105 Å². The van der Waals surface area contributed by atoms with Gasteiger partial charge >= 0.3 is 0 Å². The SMILES string of the molecule is CC1(C)c2ccccc2-c2c1ccc1c2c2ccccc2n1-c1ccc(-c2nc(-c3ccccc3)nc3c2C(C)(C)c2ccccc2-3)cc1.CC1(C)c2ccccc2-c2nc(-c3ccccc3)nc(-c3cccc(-n4c5ccccc5c5c6c(ccc54)oc4ccccc46)c3)c21.CC1(C)c2ccccc2-c2nc(-c3ccccc3)nc(-c3cccc(-n4c5ccccc5c5c6c(ccc54)sc4ccccc46)c3)c21. The van der Waals surface area contributed by atoms with Crippen molar-refractivity contribution in [2.45, 2.75) is 77.0 Å². The number of hydrogen-bond acceptors (Lipinski definition) is 8. The van der Waals surface area contributed by atoms with Crippen LogP contribution < -0.4 is 0 Å². The van der Waals surface area contributed by atoms with Crippen LogP contribution in [0.4, 0.5) is 0 Å². The number of hydrogen-bond donors (Lipinski definition) is 0. The van der Waals surface area contributed by atoms with Crippen LogP contribution in [-0.2, 0) is 21.7 Å². The van der Waals surface area contributed by atoms with E-state index in [1.165, 1.54) is 147 Å². The van der Waals surface area contributed by atoms with Crippen molar-refractivity contribution in [1.82, 2.24) is 43.6 Å². The quantitative estimate of drug-likeness (QED) is 0.142. The minimum atomic E-state index is -0.257. The Bertz CT molecular complexity index is 9480. The lowest BCUT2D eigenvalue weighted by Crippen LogP contribution is -2.17. The third kappa shape index (κ3) is 12.5. The second kappa shape index (κ2) is 31.6. The van der Waals surface area contributed by atoms with Crippen molar-refractivity contribution >= 4 is 119 Å². The van der Waals surface area contributed by atoms with E-state index in [-0.39, 0.29) is 21.7 Å². The molecule has 0 fully saturated rings. The lowest BCUT2D eigenvalue weighted by molar-refractivity contribution is 0.657. The zero-order valence-corrected chi connectivity index (χ0v) is 81.0. The van der Waals surface area contributed by atoms with Gasteiger partial charge in [-0.1, -0.05) is 377 Å². The smallest absolute Gasteiger partial charge is 0.160 e. The normalized spacial score (nSPS) is 14.0. The first-order chi connectivity index (χ1) is 70.0. The van der Waals surface area contributed by atoms with Gasteiger partial charge in [0.05, 0.1) is 67.3 Å². The van der Waals surface area contributed by atoms with Gasteiger partial charge in [0, 0.05) is 169 Å². The number of nitrogens with zero attached hydrogens (tertiary/aromatic N) is 9. The first kappa shape index (κ1) is 83.8. The van der Waals surface area contributed by atoms with Gasteiger partial charge in [-0.15, -0.1) is 11.3 Å². The van der Waals surface area contributed by atoms with Gasteiger partial charge in [0.1, 0.15) is 11.2 Å². The molecule has 0 spiro atoms. The Hall–Kier alpha value is -17.4. The molecule has 0 amide bonds. The molecule has 8 heterocycles. The summed E-state index contributed by atoms with van der Waals surface area (Å²) in [7, 11) is 0. The third-order valence-electron chi connectivity index (χ3n) is 31.2. The molecule has 8 aromatic heterocycles. The maximum atomic E-state index is 6.31. The van der Waals surface area contributed by atoms with Crippen molar-refractivity contribution in [3.05, 3.63) is 463 Å². The van der Waals surface area contributed by atoms with Gasteiger partial charge in [0.15, 0.2) is 17.5 Å². The highest BCUT2D eigenvalue weighted by Crippen LogP contribution is 2.59. The first-order valence-corrected chi connectivity index (χ1v) is 50.2. The molecule has 678 valence electrons. The van der Waals surface area contributed by atoms with Crippen LogP contribution in [-0.4, -0.2) is 43.6 Å². The fraction of sp³-hybridized carbons (Fsp3) is 0.0909. The molecule has 0 aliphatic heterocycles. The molecule has 18 aromatic carbocycles. The predicted octanol–water partition coefficient (Wildman–Crippen LogP) is 34.2. The van der Waals surface area contributed by atoms with Crippen molar-refractivity contribution < 1.29 is 4.42 Å². The second-order valence-corrected chi connectivity index (χ2v) is 41.7. The molecule has 0 saturated carbocycles. The highest BCUT2D eigenvalue weighted by Gasteiger charge is 2.45. The van der Waals surface area contributed by atoms with E-state index in [9.17, 15) is 0 Å². The van der Waals surface area contributed by atoms with Gasteiger partial charge in [0.25, 0.3) is 0 Å². The minimum Gasteiger partial charge on any atom is -0.456 e. The predicted molar refractivity (Wildman–Crippen MR) is 592 cm³/mol. The van der Waals surface area contributed by atoms with E-state index >= 15 is 0 Å². The van der Waals surface area contributed by atoms with E-state index in [0.29, 0.717) is 0 Å². The van der Waals surface area contributed by atoms with E-state index in [2.05, 4.69) is 445 Å². The van der Waals surface area contributed by atoms with Crippen molar-refractivity contribution in [3.8, 4) is 130 Å². The highest BCUT2D eigenvalue weighted by atomic mass is 32.1. The molecule has 0 bridgehead atoms. The van der Waals surface area contributed by atoms with Crippen LogP contribution in [0.2, 0.25) is 0 Å². The van der Waals surface area contributed by atoms with Crippen molar-refractivity contribution in [2.24, 2.45) is 0 Å². The largest absolute Gasteiger partial charge is 0.456 e. The van der Waals surface area contributed by atoms with Gasteiger partial charge in [-0.05, 0) is 136 Å². The van der Waals surface area contributed by atoms with Crippen LogP contribution >= 0.6 is 11.3 Å². The fourth-order valence-electron chi connectivity index (χ4n) is 24.6. The summed E-state index contributed by atoms with van der Waals surface area (Å²) in [6.07, 6.45) is 0. The molecule has 0 saturated heterocycles. The number of fused-ring (bicyclic) bond motifs is 30. The van der Waals surface area contributed by atoms with Gasteiger partial charge < -0.3 is 18.1 Å². The van der Waals surface area contributed by atoms with Crippen molar-refractivity contribution in [3.63, 3.8) is 0 Å². The molecule has 11 heteroatoms. The molecule has 10 nitrogen and oxygen atoms in total. The van der Waals surface area contributed by atoms with Gasteiger partial charge in [-0.25, -0.2) is 29.9 Å². The molecule has 0 radical (unpaired) electrons. The summed E-state index contributed by atoms with van der Waals surface area (Å²) in [5.74, 6) is 2.24. The summed E-state index contributed by atoms with van der Waals surface area (Å²) >= 11 is 1.87. The average Bonchev–Trinajstić information content (AvgIpc) is 1.52. The van der Waals surface area contributed by atoms with Crippen LogP contribution in [0.5, 0.6) is 0 Å². The Labute approximate surface area is 830 Å². The van der Waals surface area contributed by atoms with E-state index in [0.717, 1.165) is 135 Å². The number of thiophene rings is 1. The molecule has 0 unspecified atom stereocenters. The summed E-state index contributed by atoms with van der Waals surface area (Å²) in [4.78, 5) is 31.7. The lowest BCUT2D eigenvalue weighted by Gasteiger charge is -2.24. The third-order valence-corrected chi connectivity index (χ3v) is 32.3. The Kier molecular flexibility index (Phi) is 18.5. The van der Waals surface area contributed by atoms with E-state index in [1.807, 2.05) is 53.8 Å². The van der Waals surface area contributed by atoms with Gasteiger partial charge in [-0.2, -0.15) is 0 Å². The molecular weight excluding hydrogens is 1760 g/mol. The number of furan rings is 1. The Morgan fingerprint density at radius 2 is 0.566 bits per heavy atom. The Balaban J connectivity index is 0.000000105. The first-order valence-electron chi connectivity index (χ1n) is 49.4. The second-order valence-electron chi connectivity index (χ2n) is 40.6. The maximum Gasteiger partial charge on any atom is 0.160 e. The molecule has 143 heavy (non-hydrogen) atoms. The number of aromatic nitrogens is 9. The molecule has 0 N–H and O–H groups in total. The molecule has 26 aromatic rings. The Morgan fingerprint density at radius 3 is 1.06 bits per heavy atom. The van der Waals surface area contributed by atoms with E-state index in [4.69, 9.17) is 34.3 Å². The highest BCUT2D eigenvalue weighted by molar-refractivity contribution is 7.26. The molecule has 4 aliphatic rings. The number of benzene rings is 18. The zero-order chi connectivity index (χ0) is 95.6. The summed E-state index contributed by atoms with van der Waals surface area (Å²) in [5.41, 5.74) is 40.4. The van der Waals surface area contributed by atoms with Crippen LogP contribution in [0.25, 0.3) is 237 Å². The molecule has 4 aliphatic carbocycles. The summed E-state index contributed by atoms with van der Waals surface area (Å²) in [6.45, 7) is 18.5. The van der Waals surface area contributed by atoms with Gasteiger partial charge in [0.2, 0.25) is 0 Å². The summed E-state index contributed by atoms with van der Waals surface area (Å²) in [6, 6.07) is 150. The fourth-order valence-corrected chi connectivity index (χ4v) is 25.7. The average molecular weight is 1850 g/mol. The van der Waals surface area contributed by atoms with Crippen molar-refractivity contribution in [2.75, 3.05) is 0 Å². The van der Waals surface area contributed by atoms with Crippen molar-refractivity contribution in [1.29, 1.82) is 0 Å². The molecule has 0 atom stereocenters. The van der Waals surface area contributed by atoms with Crippen LogP contribution in [0.15, 0.2) is 423 Å².